The van der Waals surface area contributed by atoms with Crippen LogP contribution in [0.3, 0.4) is 0 Å². The van der Waals surface area contributed by atoms with Crippen LogP contribution in [-0.4, -0.2) is 24.3 Å². The van der Waals surface area contributed by atoms with E-state index in [0.29, 0.717) is 5.78 Å². The minimum Gasteiger partial charge on any atom is -0.399 e. The van der Waals surface area contributed by atoms with Crippen molar-refractivity contribution in [3.8, 4) is 0 Å². The van der Waals surface area contributed by atoms with Gasteiger partial charge in [0, 0.05) is 30.0 Å². The fourth-order valence-electron chi connectivity index (χ4n) is 2.16. The fourth-order valence-corrected chi connectivity index (χ4v) is 2.93. The standard InChI is InChI=1S/C14H12N6S/c15-9-2-3-11-12(6-9)19-14(18-11)21-8-10-7-20-5-1-4-16-13(20)17-10/h1-7H,8,15H2,(H,18,19). The Morgan fingerprint density at radius 2 is 2.24 bits per heavy atom. The molecule has 3 heterocycles. The van der Waals surface area contributed by atoms with Crippen LogP contribution < -0.4 is 5.73 Å². The lowest BCUT2D eigenvalue weighted by molar-refractivity contribution is 1.07. The first-order valence-corrected chi connectivity index (χ1v) is 7.43. The van der Waals surface area contributed by atoms with E-state index >= 15 is 0 Å². The Balaban J connectivity index is 1.57. The van der Waals surface area contributed by atoms with Gasteiger partial charge in [-0.2, -0.15) is 0 Å². The van der Waals surface area contributed by atoms with Gasteiger partial charge in [0.15, 0.2) is 5.16 Å². The second kappa shape index (κ2) is 4.78. The molecule has 3 N–H and O–H groups in total. The number of hydrogen-bond donors (Lipinski definition) is 2. The average molecular weight is 296 g/mol. The number of benzene rings is 1. The SMILES string of the molecule is Nc1ccc2nc(SCc3cn4cccnc4n3)[nH]c2c1. The Morgan fingerprint density at radius 3 is 3.14 bits per heavy atom. The molecule has 0 aliphatic carbocycles. The summed E-state index contributed by atoms with van der Waals surface area (Å²) < 4.78 is 1.91. The van der Waals surface area contributed by atoms with Crippen molar-refractivity contribution in [2.75, 3.05) is 5.73 Å². The molecule has 0 fully saturated rings. The average Bonchev–Trinajstić information content (AvgIpc) is 3.07. The summed E-state index contributed by atoms with van der Waals surface area (Å²) in [6, 6.07) is 7.54. The Morgan fingerprint density at radius 1 is 1.29 bits per heavy atom. The molecule has 0 saturated heterocycles. The summed E-state index contributed by atoms with van der Waals surface area (Å²) in [4.78, 5) is 16.5. The van der Waals surface area contributed by atoms with E-state index in [2.05, 4.69) is 19.9 Å². The molecular formula is C14H12N6S. The Kier molecular flexibility index (Phi) is 2.78. The predicted molar refractivity (Wildman–Crippen MR) is 83.1 cm³/mol. The van der Waals surface area contributed by atoms with Gasteiger partial charge in [-0.05, 0) is 24.3 Å². The number of thioether (sulfide) groups is 1. The molecule has 6 nitrogen and oxygen atoms in total. The third-order valence-corrected chi connectivity index (χ3v) is 4.03. The van der Waals surface area contributed by atoms with Crippen molar-refractivity contribution in [1.82, 2.24) is 24.3 Å². The third-order valence-electron chi connectivity index (χ3n) is 3.13. The minimum atomic E-state index is 0.713. The van der Waals surface area contributed by atoms with Gasteiger partial charge in [0.05, 0.1) is 16.7 Å². The lowest BCUT2D eigenvalue weighted by Crippen LogP contribution is -1.83. The molecule has 104 valence electrons. The maximum atomic E-state index is 5.77. The van der Waals surface area contributed by atoms with Gasteiger partial charge in [-0.15, -0.1) is 0 Å². The van der Waals surface area contributed by atoms with Gasteiger partial charge in [-0.1, -0.05) is 11.8 Å². The van der Waals surface area contributed by atoms with Crippen LogP contribution in [0.5, 0.6) is 0 Å². The summed E-state index contributed by atoms with van der Waals surface area (Å²) in [5.74, 6) is 1.45. The van der Waals surface area contributed by atoms with E-state index in [9.17, 15) is 0 Å². The van der Waals surface area contributed by atoms with Crippen molar-refractivity contribution in [1.29, 1.82) is 0 Å². The van der Waals surface area contributed by atoms with E-state index in [4.69, 9.17) is 5.73 Å². The van der Waals surface area contributed by atoms with Crippen molar-refractivity contribution in [2.45, 2.75) is 10.9 Å². The third kappa shape index (κ3) is 2.31. The Labute approximate surface area is 124 Å². The van der Waals surface area contributed by atoms with E-state index in [-0.39, 0.29) is 0 Å². The molecule has 0 atom stereocenters. The normalized spacial score (nSPS) is 11.4. The van der Waals surface area contributed by atoms with Crippen LogP contribution in [0.25, 0.3) is 16.8 Å². The van der Waals surface area contributed by atoms with Crippen LogP contribution in [0.2, 0.25) is 0 Å². The number of rotatable bonds is 3. The number of anilines is 1. The molecule has 4 aromatic rings. The van der Waals surface area contributed by atoms with Crippen molar-refractivity contribution >= 4 is 34.3 Å². The molecule has 1 aromatic carbocycles. The van der Waals surface area contributed by atoms with Gasteiger partial charge in [-0.3, -0.25) is 4.40 Å². The second-order valence-electron chi connectivity index (χ2n) is 4.67. The van der Waals surface area contributed by atoms with Crippen LogP contribution in [0.15, 0.2) is 48.0 Å². The van der Waals surface area contributed by atoms with E-state index in [1.807, 2.05) is 41.1 Å². The van der Waals surface area contributed by atoms with Gasteiger partial charge in [0.25, 0.3) is 0 Å². The zero-order valence-electron chi connectivity index (χ0n) is 11.0. The molecular weight excluding hydrogens is 284 g/mol. The van der Waals surface area contributed by atoms with Gasteiger partial charge < -0.3 is 10.7 Å². The van der Waals surface area contributed by atoms with Crippen LogP contribution in [0, 0.1) is 0 Å². The van der Waals surface area contributed by atoms with Crippen LogP contribution in [0.1, 0.15) is 5.69 Å². The van der Waals surface area contributed by atoms with Gasteiger partial charge in [0.1, 0.15) is 0 Å². The highest BCUT2D eigenvalue weighted by atomic mass is 32.2. The van der Waals surface area contributed by atoms with E-state index in [1.165, 1.54) is 0 Å². The Hall–Kier alpha value is -2.54. The monoisotopic (exact) mass is 296 g/mol. The van der Waals surface area contributed by atoms with Crippen molar-refractivity contribution in [2.24, 2.45) is 0 Å². The molecule has 7 heteroatoms. The van der Waals surface area contributed by atoms with Crippen LogP contribution in [0.4, 0.5) is 5.69 Å². The molecule has 0 saturated carbocycles. The summed E-state index contributed by atoms with van der Waals surface area (Å²) in [7, 11) is 0. The summed E-state index contributed by atoms with van der Waals surface area (Å²) in [6.45, 7) is 0. The maximum absolute atomic E-state index is 5.77. The first kappa shape index (κ1) is 12.2. The number of aromatic nitrogens is 5. The molecule has 0 amide bonds. The van der Waals surface area contributed by atoms with E-state index < -0.39 is 0 Å². The summed E-state index contributed by atoms with van der Waals surface area (Å²) in [5.41, 5.74) is 9.34. The molecule has 0 spiro atoms. The molecule has 0 aliphatic heterocycles. The summed E-state index contributed by atoms with van der Waals surface area (Å²) in [5, 5.41) is 0.862. The minimum absolute atomic E-state index is 0.713. The number of nitrogens with two attached hydrogens (primary N) is 1. The number of hydrogen-bond acceptors (Lipinski definition) is 5. The maximum Gasteiger partial charge on any atom is 0.233 e. The predicted octanol–water partition coefficient (Wildman–Crippen LogP) is 2.48. The number of imidazole rings is 2. The number of nitrogen functional groups attached to an aromatic ring is 1. The topological polar surface area (TPSA) is 84.9 Å². The van der Waals surface area contributed by atoms with Crippen molar-refractivity contribution < 1.29 is 0 Å². The molecule has 3 aromatic heterocycles. The molecule has 0 bridgehead atoms. The highest BCUT2D eigenvalue weighted by Crippen LogP contribution is 2.23. The number of H-pyrrole nitrogens is 1. The zero-order chi connectivity index (χ0) is 14.2. The molecule has 0 unspecified atom stereocenters. The Bertz CT molecular complexity index is 892. The molecule has 21 heavy (non-hydrogen) atoms. The van der Waals surface area contributed by atoms with Gasteiger partial charge in [0.2, 0.25) is 5.78 Å². The number of fused-ring (bicyclic) bond motifs is 2. The molecule has 0 aliphatic rings. The van der Waals surface area contributed by atoms with Gasteiger partial charge in [-0.25, -0.2) is 15.0 Å². The first-order chi connectivity index (χ1) is 10.3. The lowest BCUT2D eigenvalue weighted by atomic mass is 10.3. The second-order valence-corrected chi connectivity index (χ2v) is 5.63. The van der Waals surface area contributed by atoms with Crippen LogP contribution in [-0.2, 0) is 5.75 Å². The number of aromatic amines is 1. The molecule has 0 radical (unpaired) electrons. The number of nitrogens with one attached hydrogen (secondary N) is 1. The lowest BCUT2D eigenvalue weighted by Gasteiger charge is -1.92. The van der Waals surface area contributed by atoms with Crippen molar-refractivity contribution in [3.05, 3.63) is 48.5 Å². The van der Waals surface area contributed by atoms with Gasteiger partial charge >= 0.3 is 0 Å². The quantitative estimate of drug-likeness (QED) is 0.448. The highest BCUT2D eigenvalue weighted by Gasteiger charge is 2.06. The summed E-state index contributed by atoms with van der Waals surface area (Å²) in [6.07, 6.45) is 5.66. The largest absolute Gasteiger partial charge is 0.399 e. The molecule has 4 rings (SSSR count). The number of nitrogens with zero attached hydrogens (tertiary/aromatic N) is 4. The van der Waals surface area contributed by atoms with E-state index in [0.717, 1.165) is 33.3 Å². The smallest absolute Gasteiger partial charge is 0.233 e. The highest BCUT2D eigenvalue weighted by molar-refractivity contribution is 7.98. The fraction of sp³-hybridized carbons (Fsp3) is 0.0714. The van der Waals surface area contributed by atoms with Crippen molar-refractivity contribution in [3.63, 3.8) is 0 Å². The first-order valence-electron chi connectivity index (χ1n) is 6.44. The zero-order valence-corrected chi connectivity index (χ0v) is 11.8. The summed E-state index contributed by atoms with van der Waals surface area (Å²) >= 11 is 1.61. The van der Waals surface area contributed by atoms with E-state index in [1.54, 1.807) is 18.0 Å². The van der Waals surface area contributed by atoms with Crippen LogP contribution >= 0.6 is 11.8 Å².